The van der Waals surface area contributed by atoms with Gasteiger partial charge in [-0.2, -0.15) is 18.3 Å². The van der Waals surface area contributed by atoms with E-state index < -0.39 is 23.3 Å². The average Bonchev–Trinajstić information content (AvgIpc) is 2.97. The molecule has 0 spiro atoms. The van der Waals surface area contributed by atoms with Gasteiger partial charge < -0.3 is 9.80 Å². The summed E-state index contributed by atoms with van der Waals surface area (Å²) in [4.78, 5) is 23.9. The summed E-state index contributed by atoms with van der Waals surface area (Å²) >= 11 is 0. The molecule has 7 nitrogen and oxygen atoms in total. The van der Waals surface area contributed by atoms with Crippen LogP contribution >= 0.6 is 0 Å². The third-order valence-corrected chi connectivity index (χ3v) is 3.77. The summed E-state index contributed by atoms with van der Waals surface area (Å²) in [7, 11) is 1.36. The van der Waals surface area contributed by atoms with E-state index in [0.29, 0.717) is 32.0 Å². The first-order valence-corrected chi connectivity index (χ1v) is 7.27. The summed E-state index contributed by atoms with van der Waals surface area (Å²) in [6.45, 7) is 1.57. The summed E-state index contributed by atoms with van der Waals surface area (Å²) < 4.78 is 40.0. The fourth-order valence-corrected chi connectivity index (χ4v) is 2.62. The molecule has 1 amide bonds. The first-order chi connectivity index (χ1) is 11.4. The molecule has 24 heavy (non-hydrogen) atoms. The van der Waals surface area contributed by atoms with Crippen molar-refractivity contribution in [3.05, 3.63) is 36.0 Å². The van der Waals surface area contributed by atoms with E-state index in [1.54, 1.807) is 18.6 Å². The van der Waals surface area contributed by atoms with Gasteiger partial charge >= 0.3 is 6.18 Å². The second-order valence-electron chi connectivity index (χ2n) is 5.41. The van der Waals surface area contributed by atoms with Crippen molar-refractivity contribution in [2.45, 2.75) is 6.18 Å². The number of hydrogen-bond acceptors (Lipinski definition) is 5. The van der Waals surface area contributed by atoms with Gasteiger partial charge in [0, 0.05) is 51.8 Å². The molecule has 3 rings (SSSR count). The molecule has 0 N–H and O–H groups in total. The number of hydrogen-bond donors (Lipinski definition) is 0. The van der Waals surface area contributed by atoms with Gasteiger partial charge in [-0.25, -0.2) is 4.98 Å². The molecule has 0 aliphatic carbocycles. The van der Waals surface area contributed by atoms with Crippen molar-refractivity contribution in [3.63, 3.8) is 0 Å². The number of piperazine rings is 1. The topological polar surface area (TPSA) is 67.2 Å². The molecule has 1 aliphatic rings. The maximum Gasteiger partial charge on any atom is 0.435 e. The first kappa shape index (κ1) is 16.2. The van der Waals surface area contributed by atoms with E-state index in [1.165, 1.54) is 11.9 Å². The zero-order chi connectivity index (χ0) is 17.3. The SMILES string of the molecule is Cn1cc(C(=O)N2CCN(c3cnccn3)CC2)c(C(F)(F)F)n1. The van der Waals surface area contributed by atoms with Crippen LogP contribution in [0.3, 0.4) is 0 Å². The Hall–Kier alpha value is -2.65. The van der Waals surface area contributed by atoms with Crippen molar-refractivity contribution < 1.29 is 18.0 Å². The van der Waals surface area contributed by atoms with Crippen molar-refractivity contribution in [1.82, 2.24) is 24.6 Å². The lowest BCUT2D eigenvalue weighted by molar-refractivity contribution is -0.141. The summed E-state index contributed by atoms with van der Waals surface area (Å²) in [5.74, 6) is 0.0242. The standard InChI is InChI=1S/C14H15F3N6O/c1-21-9-10(12(20-21)14(15,16)17)13(24)23-6-4-22(5-7-23)11-8-18-2-3-19-11/h2-3,8-9H,4-7H2,1H3. The summed E-state index contributed by atoms with van der Waals surface area (Å²) in [6, 6.07) is 0. The van der Waals surface area contributed by atoms with Gasteiger partial charge in [-0.15, -0.1) is 0 Å². The monoisotopic (exact) mass is 340 g/mol. The van der Waals surface area contributed by atoms with Gasteiger partial charge in [0.1, 0.15) is 5.82 Å². The molecule has 128 valence electrons. The third-order valence-electron chi connectivity index (χ3n) is 3.77. The van der Waals surface area contributed by atoms with Crippen molar-refractivity contribution >= 4 is 11.7 Å². The van der Waals surface area contributed by atoms with Gasteiger partial charge in [0.25, 0.3) is 5.91 Å². The van der Waals surface area contributed by atoms with E-state index in [0.717, 1.165) is 10.9 Å². The van der Waals surface area contributed by atoms with Crippen LogP contribution in [0.1, 0.15) is 16.1 Å². The van der Waals surface area contributed by atoms with Crippen LogP contribution in [-0.4, -0.2) is 56.7 Å². The van der Waals surface area contributed by atoms with Crippen LogP contribution in [0.4, 0.5) is 19.0 Å². The Bertz CT molecular complexity index is 722. The first-order valence-electron chi connectivity index (χ1n) is 7.27. The number of anilines is 1. The normalized spacial score (nSPS) is 15.7. The highest BCUT2D eigenvalue weighted by Gasteiger charge is 2.40. The Morgan fingerprint density at radius 2 is 1.88 bits per heavy atom. The Labute approximate surface area is 135 Å². The maximum atomic E-state index is 13.0. The van der Waals surface area contributed by atoms with Gasteiger partial charge in [0.05, 0.1) is 11.8 Å². The van der Waals surface area contributed by atoms with Crippen molar-refractivity contribution in [2.75, 3.05) is 31.1 Å². The zero-order valence-corrected chi connectivity index (χ0v) is 12.9. The van der Waals surface area contributed by atoms with Gasteiger partial charge in [0.15, 0.2) is 5.69 Å². The minimum absolute atomic E-state index is 0.307. The molecule has 0 saturated carbocycles. The van der Waals surface area contributed by atoms with E-state index in [9.17, 15) is 18.0 Å². The largest absolute Gasteiger partial charge is 0.435 e. The lowest BCUT2D eigenvalue weighted by Gasteiger charge is -2.35. The molecule has 0 bridgehead atoms. The lowest BCUT2D eigenvalue weighted by Crippen LogP contribution is -2.49. The molecule has 1 saturated heterocycles. The Balaban J connectivity index is 1.72. The summed E-state index contributed by atoms with van der Waals surface area (Å²) in [5, 5.41) is 3.38. The smallest absolute Gasteiger partial charge is 0.352 e. The molecule has 10 heteroatoms. The minimum Gasteiger partial charge on any atom is -0.352 e. The number of carbonyl (C=O) groups excluding carboxylic acids is 1. The van der Waals surface area contributed by atoms with Crippen LogP contribution in [-0.2, 0) is 13.2 Å². The molecule has 0 aromatic carbocycles. The Morgan fingerprint density at radius 3 is 2.46 bits per heavy atom. The zero-order valence-electron chi connectivity index (χ0n) is 12.9. The average molecular weight is 340 g/mol. The summed E-state index contributed by atoms with van der Waals surface area (Å²) in [5.41, 5.74) is -1.57. The molecule has 0 unspecified atom stereocenters. The van der Waals surface area contributed by atoms with Crippen molar-refractivity contribution in [2.24, 2.45) is 7.05 Å². The van der Waals surface area contributed by atoms with E-state index in [2.05, 4.69) is 15.1 Å². The minimum atomic E-state index is -4.66. The number of rotatable bonds is 2. The van der Waals surface area contributed by atoms with Crippen LogP contribution in [0.15, 0.2) is 24.8 Å². The van der Waals surface area contributed by atoms with E-state index in [1.807, 2.05) is 4.90 Å². The highest BCUT2D eigenvalue weighted by atomic mass is 19.4. The third kappa shape index (κ3) is 3.17. The van der Waals surface area contributed by atoms with Gasteiger partial charge in [-0.05, 0) is 0 Å². The quantitative estimate of drug-likeness (QED) is 0.822. The fourth-order valence-electron chi connectivity index (χ4n) is 2.62. The molecule has 2 aromatic rings. The number of aromatic nitrogens is 4. The van der Waals surface area contributed by atoms with Crippen LogP contribution in [0.25, 0.3) is 0 Å². The van der Waals surface area contributed by atoms with Crippen LogP contribution in [0, 0.1) is 0 Å². The van der Waals surface area contributed by atoms with Crippen LogP contribution in [0.2, 0.25) is 0 Å². The number of aryl methyl sites for hydroxylation is 1. The molecular formula is C14H15F3N6O. The molecule has 3 heterocycles. The number of nitrogens with zero attached hydrogens (tertiary/aromatic N) is 6. The fraction of sp³-hybridized carbons (Fsp3) is 0.429. The highest BCUT2D eigenvalue weighted by Crippen LogP contribution is 2.31. The van der Waals surface area contributed by atoms with Crippen LogP contribution < -0.4 is 4.90 Å². The molecular weight excluding hydrogens is 325 g/mol. The predicted octanol–water partition coefficient (Wildman–Crippen LogP) is 1.19. The van der Waals surface area contributed by atoms with E-state index in [4.69, 9.17) is 0 Å². The Morgan fingerprint density at radius 1 is 1.17 bits per heavy atom. The number of carbonyl (C=O) groups is 1. The molecule has 1 aliphatic heterocycles. The molecule has 1 fully saturated rings. The number of amides is 1. The van der Waals surface area contributed by atoms with Gasteiger partial charge in [0.2, 0.25) is 0 Å². The Kier molecular flexibility index (Phi) is 4.12. The predicted molar refractivity (Wildman–Crippen MR) is 78.4 cm³/mol. The maximum absolute atomic E-state index is 13.0. The summed E-state index contributed by atoms with van der Waals surface area (Å²) in [6.07, 6.45) is 1.19. The van der Waals surface area contributed by atoms with E-state index in [-0.39, 0.29) is 0 Å². The van der Waals surface area contributed by atoms with Gasteiger partial charge in [-0.1, -0.05) is 0 Å². The second-order valence-corrected chi connectivity index (χ2v) is 5.41. The molecule has 0 radical (unpaired) electrons. The van der Waals surface area contributed by atoms with Crippen molar-refractivity contribution in [3.8, 4) is 0 Å². The van der Waals surface area contributed by atoms with E-state index >= 15 is 0 Å². The van der Waals surface area contributed by atoms with Crippen LogP contribution in [0.5, 0.6) is 0 Å². The molecule has 0 atom stereocenters. The number of halogens is 3. The van der Waals surface area contributed by atoms with Gasteiger partial charge in [-0.3, -0.25) is 14.5 Å². The highest BCUT2D eigenvalue weighted by molar-refractivity contribution is 5.95. The second kappa shape index (κ2) is 6.10. The lowest BCUT2D eigenvalue weighted by atomic mass is 10.2. The van der Waals surface area contributed by atoms with Crippen molar-refractivity contribution in [1.29, 1.82) is 0 Å². The molecule has 2 aromatic heterocycles. The number of alkyl halides is 3.